The number of hydrogen-bond donors (Lipinski definition) is 1. The molecule has 0 spiro atoms. The van der Waals surface area contributed by atoms with Gasteiger partial charge in [-0.2, -0.15) is 0 Å². The maximum atomic E-state index is 12.0. The first-order valence-electron chi connectivity index (χ1n) is 6.83. The maximum Gasteiger partial charge on any atom is 0.258 e. The lowest BCUT2D eigenvalue weighted by Crippen LogP contribution is -2.21. The molecule has 0 saturated carbocycles. The van der Waals surface area contributed by atoms with Gasteiger partial charge in [0.15, 0.2) is 0 Å². The number of aromatic nitrogens is 2. The van der Waals surface area contributed by atoms with Crippen LogP contribution >= 0.6 is 0 Å². The highest BCUT2D eigenvalue weighted by atomic mass is 16.3. The quantitative estimate of drug-likeness (QED) is 0.799. The number of aryl methyl sites for hydroxylation is 1. The second kappa shape index (κ2) is 5.54. The fourth-order valence-corrected chi connectivity index (χ4v) is 2.36. The standard InChI is InChI=1S/C16H17N3O2/c1-11-7-8-12(21-11)9-19(2)10-15-17-14-6-4-3-5-13(14)16(20)18-15/h3-8H,9-10H2,1-2H3,(H,17,18,20). The molecule has 0 unspecified atom stereocenters. The minimum atomic E-state index is -0.0992. The Kier molecular flexibility index (Phi) is 3.58. The van der Waals surface area contributed by atoms with E-state index in [2.05, 4.69) is 9.97 Å². The van der Waals surface area contributed by atoms with Crippen LogP contribution in [0.25, 0.3) is 10.9 Å². The lowest BCUT2D eigenvalue weighted by atomic mass is 10.2. The van der Waals surface area contributed by atoms with Gasteiger partial charge in [0.05, 0.1) is 24.0 Å². The SMILES string of the molecule is Cc1ccc(CN(C)Cc2nc3ccccc3c(=O)[nH]2)o1. The lowest BCUT2D eigenvalue weighted by Gasteiger charge is -2.14. The molecule has 2 heterocycles. The molecule has 0 aliphatic heterocycles. The second-order valence-corrected chi connectivity index (χ2v) is 5.21. The van der Waals surface area contributed by atoms with Crippen LogP contribution in [0, 0.1) is 6.92 Å². The molecule has 108 valence electrons. The van der Waals surface area contributed by atoms with Crippen LogP contribution in [-0.4, -0.2) is 21.9 Å². The number of H-pyrrole nitrogens is 1. The molecule has 1 aromatic carbocycles. The average molecular weight is 283 g/mol. The van der Waals surface area contributed by atoms with E-state index in [1.165, 1.54) is 0 Å². The molecule has 21 heavy (non-hydrogen) atoms. The van der Waals surface area contributed by atoms with Crippen LogP contribution in [0.4, 0.5) is 0 Å². The Hall–Kier alpha value is -2.40. The van der Waals surface area contributed by atoms with Gasteiger partial charge in [0.2, 0.25) is 0 Å². The predicted molar refractivity (Wildman–Crippen MR) is 81.0 cm³/mol. The third kappa shape index (κ3) is 3.03. The Morgan fingerprint density at radius 3 is 2.76 bits per heavy atom. The van der Waals surface area contributed by atoms with E-state index in [0.717, 1.165) is 17.0 Å². The summed E-state index contributed by atoms with van der Waals surface area (Å²) in [4.78, 5) is 21.4. The Bertz CT molecular complexity index is 820. The van der Waals surface area contributed by atoms with E-state index in [9.17, 15) is 4.79 Å². The summed E-state index contributed by atoms with van der Waals surface area (Å²) in [5.74, 6) is 2.46. The van der Waals surface area contributed by atoms with Gasteiger partial charge >= 0.3 is 0 Å². The van der Waals surface area contributed by atoms with Crippen LogP contribution in [-0.2, 0) is 13.1 Å². The Morgan fingerprint density at radius 1 is 1.19 bits per heavy atom. The molecule has 2 aromatic heterocycles. The first-order valence-corrected chi connectivity index (χ1v) is 6.83. The van der Waals surface area contributed by atoms with E-state index in [1.54, 1.807) is 6.07 Å². The molecule has 3 rings (SSSR count). The zero-order chi connectivity index (χ0) is 14.8. The molecule has 0 aliphatic carbocycles. The van der Waals surface area contributed by atoms with Crippen molar-refractivity contribution in [1.29, 1.82) is 0 Å². The van der Waals surface area contributed by atoms with Gasteiger partial charge in [0.25, 0.3) is 5.56 Å². The highest BCUT2D eigenvalue weighted by molar-refractivity contribution is 5.77. The second-order valence-electron chi connectivity index (χ2n) is 5.21. The van der Waals surface area contributed by atoms with Crippen molar-refractivity contribution in [2.75, 3.05) is 7.05 Å². The third-order valence-corrected chi connectivity index (χ3v) is 3.30. The molecule has 0 fully saturated rings. The van der Waals surface area contributed by atoms with Crippen molar-refractivity contribution >= 4 is 10.9 Å². The maximum absolute atomic E-state index is 12.0. The predicted octanol–water partition coefficient (Wildman–Crippen LogP) is 2.46. The number of para-hydroxylation sites is 1. The van der Waals surface area contributed by atoms with E-state index in [-0.39, 0.29) is 5.56 Å². The molecule has 3 aromatic rings. The average Bonchev–Trinajstić information content (AvgIpc) is 2.84. The number of aromatic amines is 1. The van der Waals surface area contributed by atoms with Gasteiger partial charge in [-0.15, -0.1) is 0 Å². The molecule has 0 aliphatic rings. The summed E-state index contributed by atoms with van der Waals surface area (Å²) in [6.45, 7) is 3.15. The largest absolute Gasteiger partial charge is 0.465 e. The number of nitrogens with zero attached hydrogens (tertiary/aromatic N) is 2. The normalized spacial score (nSPS) is 11.4. The van der Waals surface area contributed by atoms with Crippen LogP contribution in [0.5, 0.6) is 0 Å². The first-order chi connectivity index (χ1) is 10.1. The highest BCUT2D eigenvalue weighted by Crippen LogP contribution is 2.11. The Morgan fingerprint density at radius 2 is 2.00 bits per heavy atom. The number of nitrogens with one attached hydrogen (secondary N) is 1. The van der Waals surface area contributed by atoms with Crippen molar-refractivity contribution in [1.82, 2.24) is 14.9 Å². The van der Waals surface area contributed by atoms with Gasteiger partial charge in [0.1, 0.15) is 17.3 Å². The van der Waals surface area contributed by atoms with Crippen molar-refractivity contribution in [2.24, 2.45) is 0 Å². The van der Waals surface area contributed by atoms with Crippen molar-refractivity contribution in [2.45, 2.75) is 20.0 Å². The van der Waals surface area contributed by atoms with Crippen molar-refractivity contribution in [3.05, 3.63) is 64.1 Å². The summed E-state index contributed by atoms with van der Waals surface area (Å²) in [6, 6.07) is 11.3. The van der Waals surface area contributed by atoms with E-state index >= 15 is 0 Å². The topological polar surface area (TPSA) is 62.1 Å². The highest BCUT2D eigenvalue weighted by Gasteiger charge is 2.08. The summed E-state index contributed by atoms with van der Waals surface area (Å²) in [7, 11) is 1.97. The molecule has 0 saturated heterocycles. The van der Waals surface area contributed by atoms with Gasteiger partial charge in [-0.1, -0.05) is 12.1 Å². The van der Waals surface area contributed by atoms with Crippen LogP contribution in [0.1, 0.15) is 17.3 Å². The van der Waals surface area contributed by atoms with Crippen molar-refractivity contribution in [3.8, 4) is 0 Å². The van der Waals surface area contributed by atoms with Gasteiger partial charge in [-0.3, -0.25) is 9.69 Å². The summed E-state index contributed by atoms with van der Waals surface area (Å²) in [5.41, 5.74) is 0.622. The number of rotatable bonds is 4. The van der Waals surface area contributed by atoms with E-state index < -0.39 is 0 Å². The number of benzene rings is 1. The van der Waals surface area contributed by atoms with Crippen molar-refractivity contribution in [3.63, 3.8) is 0 Å². The zero-order valence-corrected chi connectivity index (χ0v) is 12.1. The molecular formula is C16H17N3O2. The minimum absolute atomic E-state index is 0.0992. The summed E-state index contributed by atoms with van der Waals surface area (Å²) in [6.07, 6.45) is 0. The number of furan rings is 1. The third-order valence-electron chi connectivity index (χ3n) is 3.30. The Labute approximate surface area is 122 Å². The van der Waals surface area contributed by atoms with Gasteiger partial charge in [-0.05, 0) is 38.2 Å². The van der Waals surface area contributed by atoms with E-state index in [4.69, 9.17) is 4.42 Å². The molecule has 0 atom stereocenters. The van der Waals surface area contributed by atoms with Gasteiger partial charge in [-0.25, -0.2) is 4.98 Å². The van der Waals surface area contributed by atoms with Gasteiger partial charge in [0, 0.05) is 0 Å². The van der Waals surface area contributed by atoms with E-state index in [1.807, 2.05) is 49.2 Å². The van der Waals surface area contributed by atoms with Gasteiger partial charge < -0.3 is 9.40 Å². The molecule has 5 heteroatoms. The molecular weight excluding hydrogens is 266 g/mol. The smallest absolute Gasteiger partial charge is 0.258 e. The van der Waals surface area contributed by atoms with Crippen LogP contribution in [0.15, 0.2) is 45.6 Å². The fourth-order valence-electron chi connectivity index (χ4n) is 2.36. The molecule has 0 amide bonds. The van der Waals surface area contributed by atoms with Crippen LogP contribution in [0.3, 0.4) is 0 Å². The summed E-state index contributed by atoms with van der Waals surface area (Å²) in [5, 5.41) is 0.616. The molecule has 1 N–H and O–H groups in total. The molecule has 0 radical (unpaired) electrons. The number of hydrogen-bond acceptors (Lipinski definition) is 4. The van der Waals surface area contributed by atoms with Crippen LogP contribution < -0.4 is 5.56 Å². The number of fused-ring (bicyclic) bond motifs is 1. The fraction of sp³-hybridized carbons (Fsp3) is 0.250. The Balaban J connectivity index is 1.79. The monoisotopic (exact) mass is 283 g/mol. The molecule has 5 nitrogen and oxygen atoms in total. The van der Waals surface area contributed by atoms with Crippen LogP contribution in [0.2, 0.25) is 0 Å². The summed E-state index contributed by atoms with van der Waals surface area (Å²) >= 11 is 0. The first kappa shape index (κ1) is 13.6. The van der Waals surface area contributed by atoms with E-state index in [0.29, 0.717) is 24.3 Å². The summed E-state index contributed by atoms with van der Waals surface area (Å²) < 4.78 is 5.55. The minimum Gasteiger partial charge on any atom is -0.465 e. The zero-order valence-electron chi connectivity index (χ0n) is 12.1. The lowest BCUT2D eigenvalue weighted by molar-refractivity contribution is 0.279. The van der Waals surface area contributed by atoms with Crippen molar-refractivity contribution < 1.29 is 4.42 Å². The molecule has 0 bridgehead atoms.